The predicted molar refractivity (Wildman–Crippen MR) is 136 cm³/mol. The number of anilines is 2. The third kappa shape index (κ3) is 4.59. The van der Waals surface area contributed by atoms with Crippen molar-refractivity contribution in [1.29, 1.82) is 0 Å². The number of nitrogens with one attached hydrogen (secondary N) is 4. The molecular formula is C26H19ClN6O3. The average molecular weight is 499 g/mol. The second kappa shape index (κ2) is 9.85. The lowest BCUT2D eigenvalue weighted by Gasteiger charge is -2.13. The van der Waals surface area contributed by atoms with Crippen molar-refractivity contribution in [2.45, 2.75) is 6.17 Å². The number of aromatic amines is 1. The molecule has 0 spiro atoms. The number of para-hydroxylation sites is 1. The molecule has 3 amide bonds. The van der Waals surface area contributed by atoms with Gasteiger partial charge in [-0.05, 0) is 18.2 Å². The van der Waals surface area contributed by atoms with Crippen LogP contribution in [-0.2, 0) is 4.79 Å². The molecule has 1 atom stereocenters. The molecule has 0 saturated heterocycles. The van der Waals surface area contributed by atoms with Gasteiger partial charge in [0.1, 0.15) is 10.7 Å². The standard InChI is InChI=1S/C26H19ClN6O3/c27-19-21(32-33-22(19)30-24(34)16-11-5-2-6-12-16)25(35)31-23-26(36)28-18-14-8-7-13-17(18)20(29-23)15-9-3-1-4-10-15/h1-14,23H,(H,28,36)(H,31,35)(H2,30,32,33,34). The van der Waals surface area contributed by atoms with E-state index in [1.807, 2.05) is 42.5 Å². The molecule has 0 radical (unpaired) electrons. The lowest BCUT2D eigenvalue weighted by molar-refractivity contribution is -0.117. The van der Waals surface area contributed by atoms with Crippen LogP contribution in [0.4, 0.5) is 11.5 Å². The second-order valence-electron chi connectivity index (χ2n) is 7.84. The van der Waals surface area contributed by atoms with Gasteiger partial charge in [0.25, 0.3) is 17.7 Å². The van der Waals surface area contributed by atoms with Crippen molar-refractivity contribution in [2.24, 2.45) is 4.99 Å². The van der Waals surface area contributed by atoms with Gasteiger partial charge in [0.15, 0.2) is 5.82 Å². The monoisotopic (exact) mass is 498 g/mol. The first-order valence-electron chi connectivity index (χ1n) is 11.0. The van der Waals surface area contributed by atoms with Crippen LogP contribution in [0.5, 0.6) is 0 Å². The summed E-state index contributed by atoms with van der Waals surface area (Å²) in [6.07, 6.45) is -1.25. The molecule has 1 aromatic heterocycles. The van der Waals surface area contributed by atoms with E-state index in [4.69, 9.17) is 11.6 Å². The number of benzene rings is 3. The largest absolute Gasteiger partial charge is 0.322 e. The van der Waals surface area contributed by atoms with Crippen LogP contribution in [0.15, 0.2) is 89.9 Å². The van der Waals surface area contributed by atoms with E-state index in [0.717, 1.165) is 11.1 Å². The highest BCUT2D eigenvalue weighted by molar-refractivity contribution is 6.36. The third-order valence-corrected chi connectivity index (χ3v) is 5.83. The molecule has 5 rings (SSSR count). The Labute approximate surface area is 210 Å². The summed E-state index contributed by atoms with van der Waals surface area (Å²) in [6.45, 7) is 0. The minimum atomic E-state index is -1.25. The van der Waals surface area contributed by atoms with Crippen LogP contribution in [-0.4, -0.2) is 39.8 Å². The molecule has 1 aliphatic rings. The topological polar surface area (TPSA) is 128 Å². The molecule has 2 heterocycles. The molecule has 1 unspecified atom stereocenters. The van der Waals surface area contributed by atoms with Gasteiger partial charge in [-0.3, -0.25) is 19.5 Å². The minimum absolute atomic E-state index is 0.0122. The number of H-pyrrole nitrogens is 1. The molecule has 1 aliphatic heterocycles. The van der Waals surface area contributed by atoms with Crippen LogP contribution in [0.3, 0.4) is 0 Å². The van der Waals surface area contributed by atoms with E-state index >= 15 is 0 Å². The molecule has 0 aliphatic carbocycles. The van der Waals surface area contributed by atoms with Gasteiger partial charge in [-0.2, -0.15) is 5.10 Å². The van der Waals surface area contributed by atoms with Gasteiger partial charge in [-0.25, -0.2) is 4.99 Å². The molecule has 10 heteroatoms. The first-order chi connectivity index (χ1) is 17.5. The van der Waals surface area contributed by atoms with E-state index in [0.29, 0.717) is 17.0 Å². The Balaban J connectivity index is 1.41. The first-order valence-corrected chi connectivity index (χ1v) is 11.3. The molecule has 36 heavy (non-hydrogen) atoms. The molecule has 9 nitrogen and oxygen atoms in total. The number of carbonyl (C=O) groups excluding carboxylic acids is 3. The van der Waals surface area contributed by atoms with Crippen LogP contribution in [0, 0.1) is 0 Å². The third-order valence-electron chi connectivity index (χ3n) is 5.46. The summed E-state index contributed by atoms with van der Waals surface area (Å²) < 4.78 is 0. The lowest BCUT2D eigenvalue weighted by atomic mass is 10.0. The van der Waals surface area contributed by atoms with Crippen molar-refractivity contribution in [3.05, 3.63) is 112 Å². The molecule has 178 valence electrons. The maximum Gasteiger partial charge on any atom is 0.272 e. The van der Waals surface area contributed by atoms with Gasteiger partial charge >= 0.3 is 0 Å². The van der Waals surface area contributed by atoms with E-state index in [2.05, 4.69) is 31.1 Å². The van der Waals surface area contributed by atoms with Gasteiger partial charge in [0, 0.05) is 16.7 Å². The zero-order chi connectivity index (χ0) is 25.1. The Kier molecular flexibility index (Phi) is 6.29. The summed E-state index contributed by atoms with van der Waals surface area (Å²) in [5.74, 6) is -1.68. The molecule has 0 saturated carbocycles. The maximum atomic E-state index is 13.0. The van der Waals surface area contributed by atoms with Gasteiger partial charge in [0.05, 0.1) is 11.4 Å². The van der Waals surface area contributed by atoms with Gasteiger partial charge in [-0.15, -0.1) is 0 Å². The number of benzodiazepines with no additional fused rings is 1. The van der Waals surface area contributed by atoms with Crippen LogP contribution in [0.2, 0.25) is 5.02 Å². The van der Waals surface area contributed by atoms with Gasteiger partial charge < -0.3 is 16.0 Å². The SMILES string of the molecule is O=C(Nc1n[nH]c(C(=O)NC2N=C(c3ccccc3)c3ccccc3NC2=O)c1Cl)c1ccccc1. The van der Waals surface area contributed by atoms with E-state index < -0.39 is 23.9 Å². The van der Waals surface area contributed by atoms with Crippen molar-refractivity contribution in [3.8, 4) is 0 Å². The second-order valence-corrected chi connectivity index (χ2v) is 8.21. The zero-order valence-electron chi connectivity index (χ0n) is 18.7. The first kappa shape index (κ1) is 23.0. The molecular weight excluding hydrogens is 480 g/mol. The van der Waals surface area contributed by atoms with Crippen LogP contribution < -0.4 is 16.0 Å². The van der Waals surface area contributed by atoms with Gasteiger partial charge in [-0.1, -0.05) is 78.3 Å². The van der Waals surface area contributed by atoms with Crippen molar-refractivity contribution < 1.29 is 14.4 Å². The van der Waals surface area contributed by atoms with Crippen LogP contribution in [0.1, 0.15) is 32.0 Å². The molecule has 0 bridgehead atoms. The molecule has 4 N–H and O–H groups in total. The number of amides is 3. The Morgan fingerprint density at radius 1 is 0.861 bits per heavy atom. The Bertz CT molecular complexity index is 1480. The fourth-order valence-electron chi connectivity index (χ4n) is 3.71. The zero-order valence-corrected chi connectivity index (χ0v) is 19.4. The Morgan fingerprint density at radius 3 is 2.28 bits per heavy atom. The predicted octanol–water partition coefficient (Wildman–Crippen LogP) is 3.86. The number of halogens is 1. The fourth-order valence-corrected chi connectivity index (χ4v) is 3.93. The summed E-state index contributed by atoms with van der Waals surface area (Å²) in [5.41, 5.74) is 2.91. The number of carbonyl (C=O) groups is 3. The maximum absolute atomic E-state index is 13.0. The van der Waals surface area contributed by atoms with Crippen molar-refractivity contribution in [2.75, 3.05) is 10.6 Å². The highest BCUT2D eigenvalue weighted by Crippen LogP contribution is 2.26. The molecule has 3 aromatic carbocycles. The van der Waals surface area contributed by atoms with Crippen molar-refractivity contribution in [3.63, 3.8) is 0 Å². The summed E-state index contributed by atoms with van der Waals surface area (Å²) >= 11 is 6.33. The quantitative estimate of drug-likeness (QED) is 0.333. The molecule has 0 fully saturated rings. The number of fused-ring (bicyclic) bond motifs is 1. The summed E-state index contributed by atoms with van der Waals surface area (Å²) in [4.78, 5) is 43.0. The normalized spacial score (nSPS) is 14.6. The number of rotatable bonds is 5. The summed E-state index contributed by atoms with van der Waals surface area (Å²) in [7, 11) is 0. The number of aromatic nitrogens is 2. The smallest absolute Gasteiger partial charge is 0.272 e. The Hall–Kier alpha value is -4.76. The number of aliphatic imine (C=N–C) groups is 1. The van der Waals surface area contributed by atoms with Crippen molar-refractivity contribution in [1.82, 2.24) is 15.5 Å². The number of hydrogen-bond donors (Lipinski definition) is 4. The van der Waals surface area contributed by atoms with E-state index in [9.17, 15) is 14.4 Å². The summed E-state index contributed by atoms with van der Waals surface area (Å²) in [6, 6.07) is 25.1. The fraction of sp³-hybridized carbons (Fsp3) is 0.0385. The molecule has 4 aromatic rings. The van der Waals surface area contributed by atoms with Gasteiger partial charge in [0.2, 0.25) is 6.17 Å². The Morgan fingerprint density at radius 2 is 1.53 bits per heavy atom. The van der Waals surface area contributed by atoms with E-state index in [1.54, 1.807) is 42.5 Å². The number of nitrogens with zero attached hydrogens (tertiary/aromatic N) is 2. The minimum Gasteiger partial charge on any atom is -0.322 e. The highest BCUT2D eigenvalue weighted by Gasteiger charge is 2.29. The average Bonchev–Trinajstić information content (AvgIpc) is 3.20. The number of hydrogen-bond acceptors (Lipinski definition) is 5. The lowest BCUT2D eigenvalue weighted by Crippen LogP contribution is -2.42. The summed E-state index contributed by atoms with van der Waals surface area (Å²) in [5, 5.41) is 14.3. The van der Waals surface area contributed by atoms with Crippen LogP contribution >= 0.6 is 11.6 Å². The van der Waals surface area contributed by atoms with Crippen molar-refractivity contribution >= 4 is 46.5 Å². The highest BCUT2D eigenvalue weighted by atomic mass is 35.5. The van der Waals surface area contributed by atoms with E-state index in [-0.39, 0.29) is 16.5 Å². The van der Waals surface area contributed by atoms with Crippen LogP contribution in [0.25, 0.3) is 0 Å². The van der Waals surface area contributed by atoms with E-state index in [1.165, 1.54) is 0 Å².